The van der Waals surface area contributed by atoms with Crippen LogP contribution in [0.5, 0.6) is 11.5 Å². The third-order valence-electron chi connectivity index (χ3n) is 8.25. The Bertz CT molecular complexity index is 996. The zero-order valence-corrected chi connectivity index (χ0v) is 18.1. The number of aliphatic hydroxyl groups is 2. The molecule has 0 aromatic heterocycles. The summed E-state index contributed by atoms with van der Waals surface area (Å²) >= 11 is 0. The number of hydrogen-bond donors (Lipinski definition) is 4. The fourth-order valence-electron chi connectivity index (χ4n) is 6.75. The van der Waals surface area contributed by atoms with E-state index in [2.05, 4.69) is 15.5 Å². The van der Waals surface area contributed by atoms with Crippen LogP contribution in [-0.2, 0) is 10.2 Å². The van der Waals surface area contributed by atoms with E-state index in [4.69, 9.17) is 9.47 Å². The molecule has 32 heavy (non-hydrogen) atoms. The van der Waals surface area contributed by atoms with Crippen LogP contribution >= 0.6 is 0 Å². The van der Waals surface area contributed by atoms with Gasteiger partial charge in [-0.1, -0.05) is 6.07 Å². The van der Waals surface area contributed by atoms with E-state index in [1.54, 1.807) is 6.07 Å². The Morgan fingerprint density at radius 1 is 1.28 bits per heavy atom. The molecule has 172 valence electrons. The van der Waals surface area contributed by atoms with Gasteiger partial charge in [0.1, 0.15) is 0 Å². The number of hydrogen-bond acceptors (Lipinski definition) is 7. The molecule has 0 radical (unpaired) electrons. The number of aliphatic hydroxyl groups excluding tert-OH is 1. The Hall–Kier alpha value is -2.36. The summed E-state index contributed by atoms with van der Waals surface area (Å²) in [6, 6.07) is 2.44. The lowest BCUT2D eigenvalue weighted by Gasteiger charge is -2.62. The lowest BCUT2D eigenvalue weighted by atomic mass is 9.51. The molecule has 3 fully saturated rings. The topological polar surface area (TPSA) is 120 Å². The normalized spacial score (nSPS) is 38.3. The van der Waals surface area contributed by atoms with E-state index in [0.717, 1.165) is 6.54 Å². The number of imide groups is 1. The van der Waals surface area contributed by atoms with Gasteiger partial charge in [0.25, 0.3) is 5.91 Å². The summed E-state index contributed by atoms with van der Waals surface area (Å²) < 4.78 is 11.7. The quantitative estimate of drug-likeness (QED) is 0.539. The molecule has 5 atom stereocenters. The van der Waals surface area contributed by atoms with E-state index in [-0.39, 0.29) is 0 Å². The lowest BCUT2D eigenvalue weighted by molar-refractivity contribution is -0.201. The molecule has 1 aromatic rings. The molecule has 2 aliphatic carbocycles. The number of methoxy groups -OCH3 is 1. The van der Waals surface area contributed by atoms with E-state index in [9.17, 15) is 19.8 Å². The van der Waals surface area contributed by atoms with Gasteiger partial charge in [-0.15, -0.1) is 0 Å². The van der Waals surface area contributed by atoms with Crippen molar-refractivity contribution >= 4 is 11.9 Å². The number of nitrogens with zero attached hydrogens (tertiary/aromatic N) is 1. The second-order valence-corrected chi connectivity index (χ2v) is 9.88. The predicted molar refractivity (Wildman–Crippen MR) is 112 cm³/mol. The minimum absolute atomic E-state index is 0.326. The van der Waals surface area contributed by atoms with Gasteiger partial charge in [0, 0.05) is 18.7 Å². The molecular formula is C23H29N3O6. The van der Waals surface area contributed by atoms with Crippen molar-refractivity contribution < 1.29 is 29.3 Å². The van der Waals surface area contributed by atoms with E-state index in [0.29, 0.717) is 60.9 Å². The molecule has 5 aliphatic rings. The first-order valence-electron chi connectivity index (χ1n) is 11.5. The first-order valence-corrected chi connectivity index (χ1v) is 11.5. The summed E-state index contributed by atoms with van der Waals surface area (Å²) in [7, 11) is 1.52. The number of benzene rings is 1. The van der Waals surface area contributed by atoms with Gasteiger partial charge in [-0.3, -0.25) is 15.0 Å². The minimum atomic E-state index is -1.41. The zero-order valence-electron chi connectivity index (χ0n) is 18.1. The van der Waals surface area contributed by atoms with Crippen molar-refractivity contribution in [2.75, 3.05) is 26.7 Å². The van der Waals surface area contributed by atoms with Crippen LogP contribution < -0.4 is 20.1 Å². The molecule has 3 heterocycles. The molecule has 1 saturated carbocycles. The number of carbonyl (C=O) groups is 2. The summed E-state index contributed by atoms with van der Waals surface area (Å²) in [5.41, 5.74) is -1.14. The largest absolute Gasteiger partial charge is 0.493 e. The monoisotopic (exact) mass is 443 g/mol. The second-order valence-electron chi connectivity index (χ2n) is 9.88. The third-order valence-corrected chi connectivity index (χ3v) is 8.25. The van der Waals surface area contributed by atoms with Crippen molar-refractivity contribution in [3.8, 4) is 11.5 Å². The minimum Gasteiger partial charge on any atom is -0.493 e. The number of carbonyl (C=O) groups excluding carboxylic acids is 2. The molecule has 6 rings (SSSR count). The van der Waals surface area contributed by atoms with Gasteiger partial charge in [0.15, 0.2) is 17.6 Å². The molecule has 9 heteroatoms. The van der Waals surface area contributed by atoms with Gasteiger partial charge >= 0.3 is 6.03 Å². The fraction of sp³-hybridized carbons (Fsp3) is 0.652. The highest BCUT2D eigenvalue weighted by atomic mass is 16.5. The number of ether oxygens (including phenoxy) is 2. The van der Waals surface area contributed by atoms with Gasteiger partial charge in [-0.25, -0.2) is 4.79 Å². The number of rotatable bonds is 3. The number of amides is 3. The average Bonchev–Trinajstić information content (AvgIpc) is 3.51. The van der Waals surface area contributed by atoms with Crippen LogP contribution in [0.15, 0.2) is 12.1 Å². The second kappa shape index (κ2) is 6.82. The highest BCUT2D eigenvalue weighted by Crippen LogP contribution is 2.65. The zero-order chi connectivity index (χ0) is 22.3. The van der Waals surface area contributed by atoms with Crippen LogP contribution in [-0.4, -0.2) is 71.5 Å². The number of nitrogens with one attached hydrogen (secondary N) is 2. The van der Waals surface area contributed by atoms with E-state index in [1.807, 2.05) is 6.07 Å². The third kappa shape index (κ3) is 2.50. The summed E-state index contributed by atoms with van der Waals surface area (Å²) in [5, 5.41) is 29.2. The van der Waals surface area contributed by atoms with Crippen molar-refractivity contribution in [3.05, 3.63) is 23.3 Å². The van der Waals surface area contributed by atoms with Crippen molar-refractivity contribution in [2.45, 2.75) is 61.4 Å². The number of piperidine rings is 1. The fourth-order valence-corrected chi connectivity index (χ4v) is 6.75. The highest BCUT2D eigenvalue weighted by molar-refractivity contribution is 5.98. The van der Waals surface area contributed by atoms with E-state index >= 15 is 0 Å². The van der Waals surface area contributed by atoms with Crippen molar-refractivity contribution in [3.63, 3.8) is 0 Å². The maximum Gasteiger partial charge on any atom is 0.321 e. The van der Waals surface area contributed by atoms with Gasteiger partial charge < -0.3 is 25.0 Å². The van der Waals surface area contributed by atoms with E-state index in [1.165, 1.54) is 20.0 Å². The molecule has 2 saturated heterocycles. The molecule has 0 unspecified atom stereocenters. The van der Waals surface area contributed by atoms with Crippen LogP contribution in [0, 0.1) is 5.92 Å². The highest BCUT2D eigenvalue weighted by Gasteiger charge is 2.73. The molecule has 1 aromatic carbocycles. The Morgan fingerprint density at radius 2 is 2.09 bits per heavy atom. The Kier molecular flexibility index (Phi) is 4.32. The molecule has 4 N–H and O–H groups in total. The van der Waals surface area contributed by atoms with Gasteiger partial charge in [0.05, 0.1) is 30.3 Å². The summed E-state index contributed by atoms with van der Waals surface area (Å²) in [5.74, 6) is 0.839. The van der Waals surface area contributed by atoms with Crippen LogP contribution in [0.3, 0.4) is 0 Å². The Labute approximate surface area is 186 Å². The summed E-state index contributed by atoms with van der Waals surface area (Å²) in [6.45, 7) is 1.79. The SMILES string of the molecule is COc1ccc2c3c1O[C@H]1C(=O)NC(=O)NCCC[C@@]4(O)[C@@H]([C@@H]2O)N(CC2CC2)CC[C@]314. The van der Waals surface area contributed by atoms with Crippen LogP contribution in [0.4, 0.5) is 4.79 Å². The van der Waals surface area contributed by atoms with E-state index < -0.39 is 41.2 Å². The van der Waals surface area contributed by atoms with Crippen LogP contribution in [0.2, 0.25) is 0 Å². The van der Waals surface area contributed by atoms with Crippen LogP contribution in [0.1, 0.15) is 49.3 Å². The number of urea groups is 1. The predicted octanol–water partition coefficient (Wildman–Crippen LogP) is 0.576. The average molecular weight is 444 g/mol. The molecule has 2 bridgehead atoms. The Balaban J connectivity index is 1.59. The van der Waals surface area contributed by atoms with Crippen molar-refractivity contribution in [1.29, 1.82) is 0 Å². The van der Waals surface area contributed by atoms with Crippen molar-refractivity contribution in [1.82, 2.24) is 15.5 Å². The first kappa shape index (κ1) is 20.3. The van der Waals surface area contributed by atoms with Crippen molar-refractivity contribution in [2.24, 2.45) is 5.92 Å². The molecule has 1 spiro atoms. The van der Waals surface area contributed by atoms with Crippen LogP contribution in [0.25, 0.3) is 0 Å². The number of likely N-dealkylation sites (tertiary alicyclic amines) is 1. The van der Waals surface area contributed by atoms with Gasteiger partial charge in [0.2, 0.25) is 0 Å². The summed E-state index contributed by atoms with van der Waals surface area (Å²) in [4.78, 5) is 27.8. The standard InChI is InChI=1S/C23H29N3O6/c1-31-14-6-5-13-15-17(14)32-19-20(28)25-21(29)24-9-2-7-23(30)18(16(13)27)26(11-12-3-4-12)10-8-22(15,19)23/h5-6,12,16,18-19,27,30H,2-4,7-11H2,1H3,(H2,24,25,28,29)/t16-,18-,19+,22+,23-/m1/s1. The molecule has 9 nitrogen and oxygen atoms in total. The first-order chi connectivity index (χ1) is 15.4. The maximum atomic E-state index is 13.3. The molecule has 3 aliphatic heterocycles. The smallest absolute Gasteiger partial charge is 0.321 e. The van der Waals surface area contributed by atoms with Gasteiger partial charge in [-0.05, 0) is 56.2 Å². The molecule has 3 amide bonds. The van der Waals surface area contributed by atoms with Gasteiger partial charge in [-0.2, -0.15) is 0 Å². The molecular weight excluding hydrogens is 414 g/mol. The maximum absolute atomic E-state index is 13.3. The lowest BCUT2D eigenvalue weighted by Crippen LogP contribution is -2.76. The summed E-state index contributed by atoms with van der Waals surface area (Å²) in [6.07, 6.45) is 1.66. The Morgan fingerprint density at radius 3 is 2.84 bits per heavy atom.